The van der Waals surface area contributed by atoms with Crippen LogP contribution in [-0.4, -0.2) is 43.4 Å². The molecule has 1 amide bonds. The number of aryl methyl sites for hydroxylation is 1. The maximum absolute atomic E-state index is 12.8. The van der Waals surface area contributed by atoms with Gasteiger partial charge >= 0.3 is 12.1 Å². The summed E-state index contributed by atoms with van der Waals surface area (Å²) in [6.07, 6.45) is -4.99. The van der Waals surface area contributed by atoms with Crippen molar-refractivity contribution < 1.29 is 37.8 Å². The summed E-state index contributed by atoms with van der Waals surface area (Å²) >= 11 is 0.885. The number of nitrogens with one attached hydrogen (secondary N) is 1. The average molecular weight is 508 g/mol. The molecule has 1 aromatic carbocycles. The van der Waals surface area contributed by atoms with Gasteiger partial charge in [0, 0.05) is 19.0 Å². The number of aromatic hydroxyl groups is 1. The van der Waals surface area contributed by atoms with E-state index in [-0.39, 0.29) is 45.4 Å². The van der Waals surface area contributed by atoms with Gasteiger partial charge in [-0.25, -0.2) is 5.43 Å². The number of rotatable bonds is 8. The number of carboxylic acid groups (broad SMARTS) is 1. The molecule has 3 N–H and O–H groups in total. The van der Waals surface area contributed by atoms with Gasteiger partial charge in [0.25, 0.3) is 5.91 Å². The maximum atomic E-state index is 12.8. The van der Waals surface area contributed by atoms with E-state index in [9.17, 15) is 32.7 Å². The number of halogens is 3. The number of nitrogens with zero attached hydrogens (tertiary/aromatic N) is 3. The first-order valence-corrected chi connectivity index (χ1v) is 10.8. The van der Waals surface area contributed by atoms with Crippen LogP contribution in [0.1, 0.15) is 50.4 Å². The average Bonchev–Trinajstić information content (AvgIpc) is 3.40. The SMILES string of the molecule is C/C(=N\NC(=O)c1ccc(C(=O)CCC(=O)O)s1)c1nn(C)c(-c2ccc(C(F)(F)F)cc2)c1O. The third-order valence-corrected chi connectivity index (χ3v) is 5.97. The Morgan fingerprint density at radius 3 is 2.31 bits per heavy atom. The molecule has 0 saturated heterocycles. The highest BCUT2D eigenvalue weighted by atomic mass is 32.1. The zero-order valence-electron chi connectivity index (χ0n) is 18.4. The normalized spacial score (nSPS) is 12.0. The van der Waals surface area contributed by atoms with Crippen molar-refractivity contribution in [2.24, 2.45) is 12.1 Å². The highest BCUT2D eigenvalue weighted by molar-refractivity contribution is 7.16. The quantitative estimate of drug-likeness (QED) is 0.239. The molecule has 3 aromatic rings. The van der Waals surface area contributed by atoms with Crippen LogP contribution in [0.2, 0.25) is 0 Å². The molecule has 0 atom stereocenters. The van der Waals surface area contributed by atoms with E-state index in [4.69, 9.17) is 5.11 Å². The molecule has 2 heterocycles. The molecule has 0 aliphatic rings. The Morgan fingerprint density at radius 2 is 1.71 bits per heavy atom. The lowest BCUT2D eigenvalue weighted by molar-refractivity contribution is -0.138. The summed E-state index contributed by atoms with van der Waals surface area (Å²) in [7, 11) is 1.50. The second-order valence-corrected chi connectivity index (χ2v) is 8.45. The first kappa shape index (κ1) is 25.6. The van der Waals surface area contributed by atoms with Crippen molar-refractivity contribution in [3.8, 4) is 17.0 Å². The van der Waals surface area contributed by atoms with E-state index in [1.54, 1.807) is 0 Å². The summed E-state index contributed by atoms with van der Waals surface area (Å²) in [6.45, 7) is 1.47. The number of amides is 1. The van der Waals surface area contributed by atoms with Crippen LogP contribution in [0.3, 0.4) is 0 Å². The number of hydrogen-bond donors (Lipinski definition) is 3. The molecule has 0 aliphatic carbocycles. The molecule has 3 rings (SSSR count). The Morgan fingerprint density at radius 1 is 1.09 bits per heavy atom. The molecule has 0 saturated carbocycles. The summed E-state index contributed by atoms with van der Waals surface area (Å²) in [4.78, 5) is 35.4. The Kier molecular flexibility index (Phi) is 7.39. The number of thiophene rings is 1. The molecule has 0 fully saturated rings. The van der Waals surface area contributed by atoms with Gasteiger partial charge in [-0.2, -0.15) is 23.4 Å². The number of hydrazone groups is 1. The number of aromatic nitrogens is 2. The van der Waals surface area contributed by atoms with Crippen LogP contribution in [0.25, 0.3) is 11.3 Å². The van der Waals surface area contributed by atoms with Crippen molar-refractivity contribution >= 4 is 34.7 Å². The molecule has 0 unspecified atom stereocenters. The molecule has 184 valence electrons. The molecular weight excluding hydrogens is 489 g/mol. The number of benzene rings is 1. The fourth-order valence-corrected chi connectivity index (χ4v) is 3.96. The van der Waals surface area contributed by atoms with Gasteiger partial charge in [0.1, 0.15) is 5.69 Å². The summed E-state index contributed by atoms with van der Waals surface area (Å²) < 4.78 is 39.7. The number of carbonyl (C=O) groups is 3. The molecule has 2 aromatic heterocycles. The zero-order chi connectivity index (χ0) is 25.9. The van der Waals surface area contributed by atoms with Crippen molar-refractivity contribution in [1.29, 1.82) is 0 Å². The fourth-order valence-electron chi connectivity index (χ4n) is 3.09. The van der Waals surface area contributed by atoms with Crippen LogP contribution in [0.5, 0.6) is 5.75 Å². The molecular formula is C22H19F3N4O5S. The van der Waals surface area contributed by atoms with Crippen molar-refractivity contribution in [2.75, 3.05) is 0 Å². The van der Waals surface area contributed by atoms with Gasteiger partial charge in [-0.05, 0) is 31.2 Å². The molecule has 9 nitrogen and oxygen atoms in total. The predicted molar refractivity (Wildman–Crippen MR) is 121 cm³/mol. The molecule has 35 heavy (non-hydrogen) atoms. The summed E-state index contributed by atoms with van der Waals surface area (Å²) in [6, 6.07) is 7.03. The third kappa shape index (κ3) is 5.93. The minimum Gasteiger partial charge on any atom is -0.504 e. The van der Waals surface area contributed by atoms with E-state index in [0.717, 1.165) is 23.5 Å². The van der Waals surface area contributed by atoms with E-state index in [2.05, 4.69) is 15.6 Å². The van der Waals surface area contributed by atoms with Crippen LogP contribution >= 0.6 is 11.3 Å². The van der Waals surface area contributed by atoms with Crippen LogP contribution in [0, 0.1) is 0 Å². The van der Waals surface area contributed by atoms with E-state index < -0.39 is 29.4 Å². The largest absolute Gasteiger partial charge is 0.504 e. The van der Waals surface area contributed by atoms with Crippen molar-refractivity contribution in [3.05, 3.63) is 57.4 Å². The zero-order valence-corrected chi connectivity index (χ0v) is 19.2. The lowest BCUT2D eigenvalue weighted by Crippen LogP contribution is -2.18. The van der Waals surface area contributed by atoms with E-state index >= 15 is 0 Å². The van der Waals surface area contributed by atoms with E-state index in [1.807, 2.05) is 0 Å². The van der Waals surface area contributed by atoms with Gasteiger partial charge < -0.3 is 10.2 Å². The highest BCUT2D eigenvalue weighted by Crippen LogP contribution is 2.35. The number of ketones is 1. The van der Waals surface area contributed by atoms with Crippen molar-refractivity contribution in [3.63, 3.8) is 0 Å². The number of Topliss-reactive ketones (excluding diaryl/α,β-unsaturated/α-hetero) is 1. The van der Waals surface area contributed by atoms with Crippen LogP contribution in [-0.2, 0) is 18.0 Å². The second-order valence-electron chi connectivity index (χ2n) is 7.36. The maximum Gasteiger partial charge on any atom is 0.416 e. The first-order valence-electron chi connectivity index (χ1n) is 10.0. The number of aliphatic carboxylic acids is 1. The third-order valence-electron chi connectivity index (χ3n) is 4.85. The van der Waals surface area contributed by atoms with Gasteiger partial charge in [0.2, 0.25) is 0 Å². The summed E-state index contributed by atoms with van der Waals surface area (Å²) in [5.74, 6) is -2.46. The molecule has 0 radical (unpaired) electrons. The van der Waals surface area contributed by atoms with Crippen molar-refractivity contribution in [1.82, 2.24) is 15.2 Å². The van der Waals surface area contributed by atoms with Gasteiger partial charge in [-0.15, -0.1) is 11.3 Å². The van der Waals surface area contributed by atoms with E-state index in [1.165, 1.54) is 42.9 Å². The first-order chi connectivity index (χ1) is 16.4. The minimum atomic E-state index is -4.49. The Bertz CT molecular complexity index is 1310. The van der Waals surface area contributed by atoms with Gasteiger partial charge in [-0.1, -0.05) is 12.1 Å². The molecule has 0 aliphatic heterocycles. The molecule has 0 bridgehead atoms. The number of hydrogen-bond acceptors (Lipinski definition) is 7. The van der Waals surface area contributed by atoms with Crippen LogP contribution in [0.15, 0.2) is 41.5 Å². The summed E-state index contributed by atoms with van der Waals surface area (Å²) in [5.41, 5.74) is 2.06. The summed E-state index contributed by atoms with van der Waals surface area (Å²) in [5, 5.41) is 27.4. The Balaban J connectivity index is 1.74. The standard InChI is InChI=1S/C22H19F3N4O5S/c1-11(26-27-21(34)16-9-8-15(35-16)14(30)7-10-17(31)32)18-20(33)19(29(2)28-18)12-3-5-13(6-4-12)22(23,24)25/h3-6,8-9,33H,7,10H2,1-2H3,(H,27,34)(H,31,32)/b26-11+. The topological polar surface area (TPSA) is 134 Å². The smallest absolute Gasteiger partial charge is 0.416 e. The van der Waals surface area contributed by atoms with E-state index in [0.29, 0.717) is 5.56 Å². The number of carbonyl (C=O) groups excluding carboxylic acids is 2. The lowest BCUT2D eigenvalue weighted by Gasteiger charge is -2.08. The van der Waals surface area contributed by atoms with Gasteiger partial charge in [-0.3, -0.25) is 19.1 Å². The molecule has 13 heteroatoms. The van der Waals surface area contributed by atoms with Gasteiger partial charge in [0.05, 0.1) is 27.5 Å². The number of carboxylic acids is 1. The highest BCUT2D eigenvalue weighted by Gasteiger charge is 2.30. The minimum absolute atomic E-state index is 0.0124. The Hall–Kier alpha value is -4.00. The number of alkyl halides is 3. The van der Waals surface area contributed by atoms with Crippen molar-refractivity contribution in [2.45, 2.75) is 25.9 Å². The Labute approximate surface area is 200 Å². The molecule has 0 spiro atoms. The fraction of sp³-hybridized carbons (Fsp3) is 0.227. The van der Waals surface area contributed by atoms with Crippen LogP contribution in [0.4, 0.5) is 13.2 Å². The predicted octanol–water partition coefficient (Wildman–Crippen LogP) is 4.07. The monoisotopic (exact) mass is 508 g/mol. The lowest BCUT2D eigenvalue weighted by atomic mass is 10.1. The second kappa shape index (κ2) is 10.1. The van der Waals surface area contributed by atoms with Crippen LogP contribution < -0.4 is 5.43 Å². The van der Waals surface area contributed by atoms with Gasteiger partial charge in [0.15, 0.2) is 17.2 Å².